The lowest BCUT2D eigenvalue weighted by molar-refractivity contribution is -0.121. The van der Waals surface area contributed by atoms with Gasteiger partial charge in [0.15, 0.2) is 0 Å². The molecule has 3 amide bonds. The summed E-state index contributed by atoms with van der Waals surface area (Å²) in [6, 6.07) is 7.35. The number of urea groups is 1. The summed E-state index contributed by atoms with van der Waals surface area (Å²) in [4.78, 5) is 22.9. The molecule has 0 aliphatic heterocycles. The third-order valence-corrected chi connectivity index (χ3v) is 2.36. The standard InChI is InChI=1S/C14H21N3O2/c1-10(2)16-13(18)7-8-15-14(19)17-12-6-4-5-11(3)9-12/h4-6,9-10H,7-8H2,1-3H3,(H,16,18)(H2,15,17,19). The molecule has 104 valence electrons. The van der Waals surface area contributed by atoms with E-state index in [1.165, 1.54) is 0 Å². The molecule has 0 aliphatic carbocycles. The van der Waals surface area contributed by atoms with E-state index in [4.69, 9.17) is 0 Å². The van der Waals surface area contributed by atoms with Crippen molar-refractivity contribution in [1.29, 1.82) is 0 Å². The van der Waals surface area contributed by atoms with Gasteiger partial charge in [0.1, 0.15) is 0 Å². The summed E-state index contributed by atoms with van der Waals surface area (Å²) < 4.78 is 0. The molecule has 0 radical (unpaired) electrons. The summed E-state index contributed by atoms with van der Waals surface area (Å²) in [7, 11) is 0. The average Bonchev–Trinajstić information content (AvgIpc) is 2.27. The van der Waals surface area contributed by atoms with E-state index < -0.39 is 0 Å². The molecule has 19 heavy (non-hydrogen) atoms. The summed E-state index contributed by atoms with van der Waals surface area (Å²) in [6.07, 6.45) is 0.277. The monoisotopic (exact) mass is 263 g/mol. The zero-order valence-corrected chi connectivity index (χ0v) is 11.6. The van der Waals surface area contributed by atoms with Crippen LogP contribution < -0.4 is 16.0 Å². The van der Waals surface area contributed by atoms with Crippen LogP contribution >= 0.6 is 0 Å². The van der Waals surface area contributed by atoms with Crippen molar-refractivity contribution in [3.8, 4) is 0 Å². The van der Waals surface area contributed by atoms with Crippen molar-refractivity contribution in [2.75, 3.05) is 11.9 Å². The van der Waals surface area contributed by atoms with E-state index in [0.717, 1.165) is 11.3 Å². The number of anilines is 1. The second-order valence-electron chi connectivity index (χ2n) is 4.72. The molecule has 0 spiro atoms. The van der Waals surface area contributed by atoms with E-state index in [2.05, 4.69) is 16.0 Å². The lowest BCUT2D eigenvalue weighted by Gasteiger charge is -2.10. The molecule has 0 aromatic heterocycles. The molecule has 1 aromatic rings. The molecule has 0 heterocycles. The molecule has 0 unspecified atom stereocenters. The number of nitrogens with one attached hydrogen (secondary N) is 3. The zero-order chi connectivity index (χ0) is 14.3. The molecule has 0 saturated heterocycles. The maximum absolute atomic E-state index is 11.6. The highest BCUT2D eigenvalue weighted by Crippen LogP contribution is 2.08. The molecule has 0 bridgehead atoms. The quantitative estimate of drug-likeness (QED) is 0.760. The van der Waals surface area contributed by atoms with Crippen LogP contribution in [-0.4, -0.2) is 24.5 Å². The van der Waals surface area contributed by atoms with Gasteiger partial charge in [0.05, 0.1) is 0 Å². The van der Waals surface area contributed by atoms with Crippen LogP contribution in [0, 0.1) is 6.92 Å². The van der Waals surface area contributed by atoms with E-state index in [9.17, 15) is 9.59 Å². The highest BCUT2D eigenvalue weighted by molar-refractivity contribution is 5.89. The molecule has 1 aromatic carbocycles. The van der Waals surface area contributed by atoms with Crippen molar-refractivity contribution in [2.24, 2.45) is 0 Å². The van der Waals surface area contributed by atoms with E-state index in [0.29, 0.717) is 6.54 Å². The Balaban J connectivity index is 2.27. The Morgan fingerprint density at radius 1 is 1.26 bits per heavy atom. The first kappa shape index (κ1) is 15.0. The Hall–Kier alpha value is -2.04. The molecular weight excluding hydrogens is 242 g/mol. The molecule has 1 rings (SSSR count). The van der Waals surface area contributed by atoms with E-state index in [1.807, 2.05) is 45.0 Å². The van der Waals surface area contributed by atoms with Gasteiger partial charge >= 0.3 is 6.03 Å². The third kappa shape index (κ3) is 6.45. The van der Waals surface area contributed by atoms with Gasteiger partial charge in [-0.2, -0.15) is 0 Å². The van der Waals surface area contributed by atoms with Crippen molar-refractivity contribution in [3.63, 3.8) is 0 Å². The minimum Gasteiger partial charge on any atom is -0.354 e. The number of amides is 3. The second kappa shape index (κ2) is 7.41. The topological polar surface area (TPSA) is 70.2 Å². The van der Waals surface area contributed by atoms with Crippen LogP contribution in [0.3, 0.4) is 0 Å². The lowest BCUT2D eigenvalue weighted by atomic mass is 10.2. The van der Waals surface area contributed by atoms with Gasteiger partial charge in [0.2, 0.25) is 5.91 Å². The molecule has 0 saturated carbocycles. The first-order valence-corrected chi connectivity index (χ1v) is 6.38. The maximum atomic E-state index is 11.6. The van der Waals surface area contributed by atoms with E-state index in [-0.39, 0.29) is 24.4 Å². The smallest absolute Gasteiger partial charge is 0.319 e. The third-order valence-electron chi connectivity index (χ3n) is 2.36. The number of carbonyl (C=O) groups excluding carboxylic acids is 2. The minimum atomic E-state index is -0.303. The van der Waals surface area contributed by atoms with Gasteiger partial charge in [-0.05, 0) is 38.5 Å². The predicted molar refractivity (Wildman–Crippen MR) is 76.1 cm³/mol. The molecule has 0 atom stereocenters. The Morgan fingerprint density at radius 2 is 2.00 bits per heavy atom. The number of carbonyl (C=O) groups is 2. The first-order chi connectivity index (χ1) is 8.97. The van der Waals surface area contributed by atoms with Gasteiger partial charge in [-0.3, -0.25) is 4.79 Å². The molecule has 5 heteroatoms. The minimum absolute atomic E-state index is 0.0640. The summed E-state index contributed by atoms with van der Waals surface area (Å²) >= 11 is 0. The summed E-state index contributed by atoms with van der Waals surface area (Å²) in [6.45, 7) is 6.07. The van der Waals surface area contributed by atoms with Gasteiger partial charge in [-0.15, -0.1) is 0 Å². The van der Waals surface area contributed by atoms with Crippen LogP contribution in [0.5, 0.6) is 0 Å². The number of hydrogen-bond donors (Lipinski definition) is 3. The van der Waals surface area contributed by atoms with Crippen LogP contribution in [0.25, 0.3) is 0 Å². The van der Waals surface area contributed by atoms with Crippen molar-refractivity contribution >= 4 is 17.6 Å². The van der Waals surface area contributed by atoms with E-state index >= 15 is 0 Å². The summed E-state index contributed by atoms with van der Waals surface area (Å²) in [5.41, 5.74) is 1.82. The molecular formula is C14H21N3O2. The molecule has 5 nitrogen and oxygen atoms in total. The van der Waals surface area contributed by atoms with Crippen LogP contribution in [0.2, 0.25) is 0 Å². The van der Waals surface area contributed by atoms with Crippen LogP contribution in [0.1, 0.15) is 25.8 Å². The van der Waals surface area contributed by atoms with Gasteiger partial charge in [-0.1, -0.05) is 12.1 Å². The molecule has 0 fully saturated rings. The number of hydrogen-bond acceptors (Lipinski definition) is 2. The summed E-state index contributed by atoms with van der Waals surface area (Å²) in [5.74, 6) is -0.0640. The highest BCUT2D eigenvalue weighted by atomic mass is 16.2. The molecule has 3 N–H and O–H groups in total. The van der Waals surface area contributed by atoms with E-state index in [1.54, 1.807) is 0 Å². The average molecular weight is 263 g/mol. The number of benzene rings is 1. The van der Waals surface area contributed by atoms with Crippen LogP contribution in [0.4, 0.5) is 10.5 Å². The van der Waals surface area contributed by atoms with Gasteiger partial charge in [0, 0.05) is 24.7 Å². The zero-order valence-electron chi connectivity index (χ0n) is 11.6. The van der Waals surface area contributed by atoms with Crippen LogP contribution in [-0.2, 0) is 4.79 Å². The number of aryl methyl sites for hydroxylation is 1. The van der Waals surface area contributed by atoms with Gasteiger partial charge in [0.25, 0.3) is 0 Å². The van der Waals surface area contributed by atoms with Crippen molar-refractivity contribution in [1.82, 2.24) is 10.6 Å². The Bertz CT molecular complexity index is 444. The normalized spacial score (nSPS) is 10.1. The largest absolute Gasteiger partial charge is 0.354 e. The second-order valence-corrected chi connectivity index (χ2v) is 4.72. The fourth-order valence-corrected chi connectivity index (χ4v) is 1.58. The fraction of sp³-hybridized carbons (Fsp3) is 0.429. The van der Waals surface area contributed by atoms with Crippen LogP contribution in [0.15, 0.2) is 24.3 Å². The fourth-order valence-electron chi connectivity index (χ4n) is 1.58. The Kier molecular flexibility index (Phi) is 5.85. The van der Waals surface area contributed by atoms with Gasteiger partial charge < -0.3 is 16.0 Å². The Labute approximate surface area is 113 Å². The predicted octanol–water partition coefficient (Wildman–Crippen LogP) is 2.03. The number of rotatable bonds is 5. The SMILES string of the molecule is Cc1cccc(NC(=O)NCCC(=O)NC(C)C)c1. The van der Waals surface area contributed by atoms with Crippen molar-refractivity contribution in [3.05, 3.63) is 29.8 Å². The summed E-state index contributed by atoms with van der Waals surface area (Å²) in [5, 5.41) is 8.12. The Morgan fingerprint density at radius 3 is 2.63 bits per heavy atom. The first-order valence-electron chi connectivity index (χ1n) is 6.38. The van der Waals surface area contributed by atoms with Gasteiger partial charge in [-0.25, -0.2) is 4.79 Å². The van der Waals surface area contributed by atoms with Crippen molar-refractivity contribution < 1.29 is 9.59 Å². The lowest BCUT2D eigenvalue weighted by Crippen LogP contribution is -2.35. The van der Waals surface area contributed by atoms with Crippen molar-refractivity contribution in [2.45, 2.75) is 33.2 Å². The highest BCUT2D eigenvalue weighted by Gasteiger charge is 2.05. The molecule has 0 aliphatic rings. The maximum Gasteiger partial charge on any atom is 0.319 e.